The largest absolute Gasteiger partial charge is 0.266 e. The lowest BCUT2D eigenvalue weighted by atomic mass is 10.1. The van der Waals surface area contributed by atoms with Crippen LogP contribution in [0, 0.1) is 5.82 Å². The Labute approximate surface area is 87.8 Å². The van der Waals surface area contributed by atoms with Gasteiger partial charge in [-0.1, -0.05) is 0 Å². The SMILES string of the molecule is Fc1cc2scc(S)c2cc1C(F)F. The van der Waals surface area contributed by atoms with Crippen LogP contribution in [-0.2, 0) is 0 Å². The third kappa shape index (κ3) is 1.50. The third-order valence-electron chi connectivity index (χ3n) is 1.91. The topological polar surface area (TPSA) is 0 Å². The molecular weight excluding hydrogens is 229 g/mol. The molecular formula is C9H5F3S2. The van der Waals surface area contributed by atoms with Crippen LogP contribution in [0.5, 0.6) is 0 Å². The average Bonchev–Trinajstić information content (AvgIpc) is 2.46. The average molecular weight is 234 g/mol. The van der Waals surface area contributed by atoms with Gasteiger partial charge < -0.3 is 0 Å². The van der Waals surface area contributed by atoms with E-state index in [9.17, 15) is 13.2 Å². The predicted molar refractivity (Wildman–Crippen MR) is 54.0 cm³/mol. The number of halogens is 3. The summed E-state index contributed by atoms with van der Waals surface area (Å²) in [6.45, 7) is 0. The maximum absolute atomic E-state index is 13.1. The second-order valence-corrected chi connectivity index (χ2v) is 4.18. The third-order valence-corrected chi connectivity index (χ3v) is 3.40. The maximum Gasteiger partial charge on any atom is 0.266 e. The molecule has 0 nitrogen and oxygen atoms in total. The Morgan fingerprint density at radius 3 is 2.64 bits per heavy atom. The first kappa shape index (κ1) is 9.86. The standard InChI is InChI=1S/C9H5F3S2/c10-6-2-8-5(7(13)3-14-8)1-4(6)9(11)12/h1-3,9,13H. The van der Waals surface area contributed by atoms with Gasteiger partial charge >= 0.3 is 0 Å². The van der Waals surface area contributed by atoms with E-state index in [4.69, 9.17) is 0 Å². The minimum absolute atomic E-state index is 0.564. The van der Waals surface area contributed by atoms with Crippen molar-refractivity contribution in [2.45, 2.75) is 11.3 Å². The van der Waals surface area contributed by atoms with Crippen molar-refractivity contribution in [3.63, 3.8) is 0 Å². The van der Waals surface area contributed by atoms with Crippen LogP contribution in [0.2, 0.25) is 0 Å². The van der Waals surface area contributed by atoms with E-state index in [-0.39, 0.29) is 0 Å². The van der Waals surface area contributed by atoms with E-state index >= 15 is 0 Å². The summed E-state index contributed by atoms with van der Waals surface area (Å²) in [7, 11) is 0. The zero-order valence-electron chi connectivity index (χ0n) is 6.80. The van der Waals surface area contributed by atoms with Crippen LogP contribution in [0.4, 0.5) is 13.2 Å². The molecule has 5 heteroatoms. The van der Waals surface area contributed by atoms with Gasteiger partial charge in [-0.05, 0) is 12.1 Å². The van der Waals surface area contributed by atoms with Gasteiger partial charge in [0.2, 0.25) is 0 Å². The first-order valence-electron chi connectivity index (χ1n) is 3.77. The molecule has 0 bridgehead atoms. The zero-order chi connectivity index (χ0) is 10.3. The number of hydrogen-bond donors (Lipinski definition) is 1. The Kier molecular flexibility index (Phi) is 2.45. The molecule has 1 aromatic heterocycles. The molecule has 0 aliphatic heterocycles. The highest BCUT2D eigenvalue weighted by molar-refractivity contribution is 7.80. The van der Waals surface area contributed by atoms with E-state index < -0.39 is 17.8 Å². The van der Waals surface area contributed by atoms with Gasteiger partial charge in [-0.15, -0.1) is 24.0 Å². The molecule has 1 heterocycles. The lowest BCUT2D eigenvalue weighted by Gasteiger charge is -2.01. The van der Waals surface area contributed by atoms with Crippen molar-refractivity contribution >= 4 is 34.1 Å². The maximum atomic E-state index is 13.1. The number of hydrogen-bond acceptors (Lipinski definition) is 2. The normalized spacial score (nSPS) is 11.5. The van der Waals surface area contributed by atoms with Crippen molar-refractivity contribution in [2.75, 3.05) is 0 Å². The molecule has 0 N–H and O–H groups in total. The monoisotopic (exact) mass is 234 g/mol. The Morgan fingerprint density at radius 2 is 2.00 bits per heavy atom. The molecule has 0 aliphatic rings. The summed E-state index contributed by atoms with van der Waals surface area (Å²) in [4.78, 5) is 0.604. The molecule has 0 fully saturated rings. The van der Waals surface area contributed by atoms with Crippen LogP contribution in [0.1, 0.15) is 12.0 Å². The van der Waals surface area contributed by atoms with Crippen LogP contribution < -0.4 is 0 Å². The molecule has 0 unspecified atom stereocenters. The lowest BCUT2D eigenvalue weighted by Crippen LogP contribution is -1.89. The quantitative estimate of drug-likeness (QED) is 0.700. The zero-order valence-corrected chi connectivity index (χ0v) is 8.51. The fraction of sp³-hybridized carbons (Fsp3) is 0.111. The van der Waals surface area contributed by atoms with E-state index in [2.05, 4.69) is 12.6 Å². The lowest BCUT2D eigenvalue weighted by molar-refractivity contribution is 0.146. The molecule has 0 atom stereocenters. The molecule has 0 radical (unpaired) electrons. The molecule has 1 aromatic carbocycles. The Balaban J connectivity index is 2.74. The summed E-state index contributed by atoms with van der Waals surface area (Å²) < 4.78 is 38.4. The highest BCUT2D eigenvalue weighted by Gasteiger charge is 2.15. The van der Waals surface area contributed by atoms with Crippen molar-refractivity contribution in [3.05, 3.63) is 28.9 Å². The van der Waals surface area contributed by atoms with Gasteiger partial charge in [0.15, 0.2) is 0 Å². The first-order chi connectivity index (χ1) is 6.59. The number of rotatable bonds is 1. The van der Waals surface area contributed by atoms with E-state index in [0.29, 0.717) is 15.0 Å². The minimum atomic E-state index is -2.79. The van der Waals surface area contributed by atoms with Crippen molar-refractivity contribution in [1.29, 1.82) is 0 Å². The molecule has 0 saturated carbocycles. The number of thiol groups is 1. The second-order valence-electron chi connectivity index (χ2n) is 2.79. The van der Waals surface area contributed by atoms with E-state index in [1.54, 1.807) is 5.38 Å². The first-order valence-corrected chi connectivity index (χ1v) is 5.10. The Hall–Kier alpha value is -0.680. The van der Waals surface area contributed by atoms with E-state index in [1.807, 2.05) is 0 Å². The van der Waals surface area contributed by atoms with Crippen molar-refractivity contribution < 1.29 is 13.2 Å². The number of benzene rings is 1. The molecule has 2 rings (SSSR count). The van der Waals surface area contributed by atoms with Crippen molar-refractivity contribution in [2.24, 2.45) is 0 Å². The van der Waals surface area contributed by atoms with Crippen LogP contribution >= 0.6 is 24.0 Å². The van der Waals surface area contributed by atoms with Crippen LogP contribution in [0.3, 0.4) is 0 Å². The van der Waals surface area contributed by atoms with Gasteiger partial charge in [-0.2, -0.15) is 0 Å². The number of thiophene rings is 1. The van der Waals surface area contributed by atoms with Crippen LogP contribution in [0.15, 0.2) is 22.4 Å². The molecule has 0 spiro atoms. The van der Waals surface area contributed by atoms with E-state index in [1.165, 1.54) is 11.3 Å². The van der Waals surface area contributed by atoms with Gasteiger partial charge in [-0.25, -0.2) is 13.2 Å². The highest BCUT2D eigenvalue weighted by atomic mass is 32.1. The second kappa shape index (κ2) is 3.47. The van der Waals surface area contributed by atoms with Gasteiger partial charge in [0.05, 0.1) is 5.56 Å². The summed E-state index contributed by atoms with van der Waals surface area (Å²) in [5.74, 6) is -0.859. The van der Waals surface area contributed by atoms with Gasteiger partial charge in [0.1, 0.15) is 5.82 Å². The van der Waals surface area contributed by atoms with Gasteiger partial charge in [0.25, 0.3) is 6.43 Å². The fourth-order valence-electron chi connectivity index (χ4n) is 1.22. The molecule has 0 saturated heterocycles. The van der Waals surface area contributed by atoms with Crippen LogP contribution in [-0.4, -0.2) is 0 Å². The van der Waals surface area contributed by atoms with Crippen molar-refractivity contribution in [3.8, 4) is 0 Å². The molecule has 0 amide bonds. The summed E-state index contributed by atoms with van der Waals surface area (Å²) in [6, 6.07) is 2.29. The summed E-state index contributed by atoms with van der Waals surface area (Å²) in [6.07, 6.45) is -2.79. The van der Waals surface area contributed by atoms with E-state index in [0.717, 1.165) is 12.1 Å². The van der Waals surface area contributed by atoms with Gasteiger partial charge in [-0.3, -0.25) is 0 Å². The number of alkyl halides is 2. The van der Waals surface area contributed by atoms with Crippen LogP contribution in [0.25, 0.3) is 10.1 Å². The summed E-state index contributed by atoms with van der Waals surface area (Å²) >= 11 is 5.38. The molecule has 2 aromatic rings. The Bertz CT molecular complexity index is 476. The fourth-order valence-corrected chi connectivity index (χ4v) is 2.47. The predicted octanol–water partition coefficient (Wildman–Crippen LogP) is 4.27. The molecule has 14 heavy (non-hydrogen) atoms. The molecule has 0 aliphatic carbocycles. The van der Waals surface area contributed by atoms with Crippen molar-refractivity contribution in [1.82, 2.24) is 0 Å². The summed E-state index contributed by atoms with van der Waals surface area (Å²) in [5.41, 5.74) is -0.564. The molecule has 74 valence electrons. The summed E-state index contributed by atoms with van der Waals surface area (Å²) in [5, 5.41) is 2.28. The number of fused-ring (bicyclic) bond motifs is 1. The Morgan fingerprint density at radius 1 is 1.29 bits per heavy atom. The van der Waals surface area contributed by atoms with Gasteiger partial charge in [0, 0.05) is 20.4 Å². The smallest absolute Gasteiger partial charge is 0.206 e. The highest BCUT2D eigenvalue weighted by Crippen LogP contribution is 2.33. The minimum Gasteiger partial charge on any atom is -0.206 e.